The molecule has 4 amide bonds. The second-order valence-corrected chi connectivity index (χ2v) is 6.80. The van der Waals surface area contributed by atoms with Gasteiger partial charge >= 0.3 is 6.03 Å². The first-order chi connectivity index (χ1) is 13.3. The van der Waals surface area contributed by atoms with Crippen LogP contribution in [0, 0.1) is 5.82 Å². The Balaban J connectivity index is 1.55. The van der Waals surface area contributed by atoms with Gasteiger partial charge in [-0.1, -0.05) is 23.7 Å². The second-order valence-electron chi connectivity index (χ2n) is 6.40. The molecule has 0 saturated carbocycles. The number of rotatable bonds is 5. The Hall–Kier alpha value is -3.13. The summed E-state index contributed by atoms with van der Waals surface area (Å²) in [4.78, 5) is 36.9. The topological polar surface area (TPSA) is 105 Å². The van der Waals surface area contributed by atoms with Crippen molar-refractivity contribution in [3.63, 3.8) is 0 Å². The summed E-state index contributed by atoms with van der Waals surface area (Å²) < 4.78 is 13.6. The first-order valence-electron chi connectivity index (χ1n) is 8.52. The van der Waals surface area contributed by atoms with Crippen LogP contribution in [-0.4, -0.2) is 30.4 Å². The van der Waals surface area contributed by atoms with Crippen LogP contribution >= 0.6 is 11.6 Å². The monoisotopic (exact) mass is 404 g/mol. The van der Waals surface area contributed by atoms with Gasteiger partial charge in [-0.05, 0) is 35.9 Å². The molecule has 146 valence electrons. The van der Waals surface area contributed by atoms with E-state index in [1.54, 1.807) is 30.3 Å². The fourth-order valence-corrected chi connectivity index (χ4v) is 3.08. The van der Waals surface area contributed by atoms with Crippen molar-refractivity contribution in [1.29, 1.82) is 0 Å². The van der Waals surface area contributed by atoms with E-state index in [9.17, 15) is 18.8 Å². The average Bonchev–Trinajstić information content (AvgIpc) is 3.02. The Labute approximate surface area is 165 Å². The van der Waals surface area contributed by atoms with Crippen molar-refractivity contribution in [2.24, 2.45) is 5.73 Å². The van der Waals surface area contributed by atoms with Gasteiger partial charge in [0.25, 0.3) is 0 Å². The van der Waals surface area contributed by atoms with E-state index in [2.05, 4.69) is 10.6 Å². The number of hydrogen-bond acceptors (Lipinski definition) is 3. The zero-order valence-corrected chi connectivity index (χ0v) is 15.5. The van der Waals surface area contributed by atoms with Gasteiger partial charge in [0, 0.05) is 30.8 Å². The largest absolute Gasteiger partial charge is 0.366 e. The summed E-state index contributed by atoms with van der Waals surface area (Å²) in [6, 6.07) is 9.87. The van der Waals surface area contributed by atoms with E-state index in [4.69, 9.17) is 17.3 Å². The number of nitrogens with two attached hydrogens (primary N) is 1. The molecule has 1 saturated heterocycles. The highest BCUT2D eigenvalue weighted by Gasteiger charge is 2.31. The number of amides is 4. The number of carbonyl (C=O) groups is 3. The number of hydrogen-bond donors (Lipinski definition) is 3. The number of nitrogens with one attached hydrogen (secondary N) is 2. The number of carbonyl (C=O) groups excluding carboxylic acids is 3. The Morgan fingerprint density at radius 1 is 1.25 bits per heavy atom. The fraction of sp³-hybridized carbons (Fsp3) is 0.211. The van der Waals surface area contributed by atoms with Crippen LogP contribution in [0.1, 0.15) is 22.3 Å². The number of halogens is 2. The molecule has 2 aromatic rings. The molecular weight excluding hydrogens is 387 g/mol. The minimum Gasteiger partial charge on any atom is -0.366 e. The third-order valence-electron chi connectivity index (χ3n) is 4.34. The van der Waals surface area contributed by atoms with Crippen LogP contribution in [0.25, 0.3) is 0 Å². The van der Waals surface area contributed by atoms with E-state index in [0.29, 0.717) is 16.8 Å². The highest BCUT2D eigenvalue weighted by molar-refractivity contribution is 6.30. The normalized spacial score (nSPS) is 16.1. The lowest BCUT2D eigenvalue weighted by Gasteiger charge is -2.18. The smallest absolute Gasteiger partial charge is 0.315 e. The first-order valence-corrected chi connectivity index (χ1v) is 8.90. The van der Waals surface area contributed by atoms with E-state index >= 15 is 0 Å². The van der Waals surface area contributed by atoms with Gasteiger partial charge in [0.2, 0.25) is 11.8 Å². The minimum atomic E-state index is -0.612. The van der Waals surface area contributed by atoms with Gasteiger partial charge in [-0.3, -0.25) is 9.59 Å². The van der Waals surface area contributed by atoms with Gasteiger partial charge in [-0.15, -0.1) is 0 Å². The van der Waals surface area contributed by atoms with E-state index in [-0.39, 0.29) is 30.4 Å². The molecule has 1 fully saturated rings. The second kappa shape index (κ2) is 8.26. The number of primary amides is 1. The molecule has 1 heterocycles. The molecule has 0 spiro atoms. The average molecular weight is 405 g/mol. The van der Waals surface area contributed by atoms with Crippen molar-refractivity contribution in [3.05, 3.63) is 64.4 Å². The Morgan fingerprint density at radius 3 is 2.75 bits per heavy atom. The summed E-state index contributed by atoms with van der Waals surface area (Å²) in [5.41, 5.74) is 6.69. The molecule has 1 aliphatic heterocycles. The lowest BCUT2D eigenvalue weighted by atomic mass is 10.1. The van der Waals surface area contributed by atoms with Crippen molar-refractivity contribution >= 4 is 35.1 Å². The van der Waals surface area contributed by atoms with Crippen LogP contribution in [-0.2, 0) is 11.3 Å². The summed E-state index contributed by atoms with van der Waals surface area (Å²) in [6.07, 6.45) is 0.106. The molecule has 1 atom stereocenters. The molecular formula is C19H18ClFN4O3. The first kappa shape index (κ1) is 19.6. The molecule has 1 aliphatic rings. The van der Waals surface area contributed by atoms with E-state index in [1.807, 2.05) is 0 Å². The van der Waals surface area contributed by atoms with Crippen molar-refractivity contribution in [3.8, 4) is 0 Å². The number of nitrogens with zero attached hydrogens (tertiary/aromatic N) is 1. The zero-order chi connectivity index (χ0) is 20.3. The third-order valence-corrected chi connectivity index (χ3v) is 4.65. The maximum absolute atomic E-state index is 13.6. The molecule has 1 unspecified atom stereocenters. The predicted octanol–water partition coefficient (Wildman–Crippen LogP) is 2.18. The molecule has 0 aromatic heterocycles. The van der Waals surface area contributed by atoms with Gasteiger partial charge < -0.3 is 21.3 Å². The number of benzene rings is 2. The molecule has 3 rings (SSSR count). The highest BCUT2D eigenvalue weighted by atomic mass is 35.5. The Kier molecular flexibility index (Phi) is 5.79. The van der Waals surface area contributed by atoms with Crippen LogP contribution in [0.2, 0.25) is 5.02 Å². The van der Waals surface area contributed by atoms with E-state index in [1.165, 1.54) is 17.0 Å². The minimum absolute atomic E-state index is 0.0233. The summed E-state index contributed by atoms with van der Waals surface area (Å²) >= 11 is 5.66. The molecule has 0 aliphatic carbocycles. The molecule has 9 heteroatoms. The summed E-state index contributed by atoms with van der Waals surface area (Å²) in [5, 5.41) is 5.36. The predicted molar refractivity (Wildman–Crippen MR) is 102 cm³/mol. The SMILES string of the molecule is NC(=O)c1cccc(CNC(=O)NC2CC(=O)N(c3ccc(Cl)c(F)c3)C2)c1. The van der Waals surface area contributed by atoms with Gasteiger partial charge in [-0.2, -0.15) is 0 Å². The van der Waals surface area contributed by atoms with Crippen LogP contribution < -0.4 is 21.3 Å². The fourth-order valence-electron chi connectivity index (χ4n) is 2.96. The molecule has 28 heavy (non-hydrogen) atoms. The van der Waals surface area contributed by atoms with Crippen molar-refractivity contribution < 1.29 is 18.8 Å². The van der Waals surface area contributed by atoms with Gasteiger partial charge in [0.05, 0.1) is 11.1 Å². The van der Waals surface area contributed by atoms with Crippen molar-refractivity contribution in [2.75, 3.05) is 11.4 Å². The zero-order valence-electron chi connectivity index (χ0n) is 14.7. The van der Waals surface area contributed by atoms with Crippen LogP contribution in [0.15, 0.2) is 42.5 Å². The summed E-state index contributed by atoms with van der Waals surface area (Å²) in [6.45, 7) is 0.421. The molecule has 7 nitrogen and oxygen atoms in total. The summed E-state index contributed by atoms with van der Waals surface area (Å²) in [5.74, 6) is -1.38. The molecule has 4 N–H and O–H groups in total. The lowest BCUT2D eigenvalue weighted by Crippen LogP contribution is -2.43. The van der Waals surface area contributed by atoms with Crippen molar-refractivity contribution in [1.82, 2.24) is 10.6 Å². The molecule has 2 aromatic carbocycles. The quantitative estimate of drug-likeness (QED) is 0.711. The van der Waals surface area contributed by atoms with Crippen LogP contribution in [0.3, 0.4) is 0 Å². The number of anilines is 1. The third kappa shape index (κ3) is 4.58. The Morgan fingerprint density at radius 2 is 2.04 bits per heavy atom. The van der Waals surface area contributed by atoms with Crippen LogP contribution in [0.5, 0.6) is 0 Å². The standard InChI is InChI=1S/C19H18ClFN4O3/c20-15-5-4-14(8-16(15)21)25-10-13(7-17(25)26)24-19(28)23-9-11-2-1-3-12(6-11)18(22)27/h1-6,8,13H,7,9-10H2,(H2,22,27)(H2,23,24,28). The molecule has 0 bridgehead atoms. The van der Waals surface area contributed by atoms with Crippen LogP contribution in [0.4, 0.5) is 14.9 Å². The lowest BCUT2D eigenvalue weighted by molar-refractivity contribution is -0.117. The maximum atomic E-state index is 13.6. The van der Waals surface area contributed by atoms with Gasteiger partial charge in [0.15, 0.2) is 0 Å². The van der Waals surface area contributed by atoms with E-state index in [0.717, 1.165) is 0 Å². The highest BCUT2D eigenvalue weighted by Crippen LogP contribution is 2.25. The summed E-state index contributed by atoms with van der Waals surface area (Å²) in [7, 11) is 0. The van der Waals surface area contributed by atoms with E-state index < -0.39 is 23.8 Å². The maximum Gasteiger partial charge on any atom is 0.315 e. The number of urea groups is 1. The Bertz CT molecular complexity index is 937. The van der Waals surface area contributed by atoms with Gasteiger partial charge in [-0.25, -0.2) is 9.18 Å². The van der Waals surface area contributed by atoms with Gasteiger partial charge in [0.1, 0.15) is 5.82 Å². The van der Waals surface area contributed by atoms with Crippen molar-refractivity contribution in [2.45, 2.75) is 19.0 Å². The molecule has 0 radical (unpaired) electrons.